The topological polar surface area (TPSA) is 46.6 Å². The van der Waals surface area contributed by atoms with Crippen molar-refractivity contribution >= 4 is 21.6 Å². The van der Waals surface area contributed by atoms with Crippen LogP contribution in [0.25, 0.3) is 0 Å². The molecule has 0 bridgehead atoms. The first-order valence-corrected chi connectivity index (χ1v) is 7.90. The summed E-state index contributed by atoms with van der Waals surface area (Å²) in [7, 11) is -3.13. The van der Waals surface area contributed by atoms with Crippen LogP contribution in [0.3, 0.4) is 0 Å². The van der Waals surface area contributed by atoms with E-state index in [2.05, 4.69) is 0 Å². The zero-order chi connectivity index (χ0) is 12.0. The maximum atomic E-state index is 11.9. The zero-order valence-electron chi connectivity index (χ0n) is 9.69. The number of hydrogen-bond donors (Lipinski definition) is 0. The van der Waals surface area contributed by atoms with E-state index in [1.165, 1.54) is 0 Å². The van der Waals surface area contributed by atoms with E-state index in [0.717, 1.165) is 12.8 Å². The zero-order valence-corrected chi connectivity index (χ0v) is 11.3. The van der Waals surface area contributed by atoms with Gasteiger partial charge in [0.15, 0.2) is 0 Å². The highest BCUT2D eigenvalue weighted by molar-refractivity contribution is 7.89. The van der Waals surface area contributed by atoms with Gasteiger partial charge in [-0.05, 0) is 26.2 Å². The van der Waals surface area contributed by atoms with Gasteiger partial charge in [0.05, 0.1) is 11.9 Å². The Hall–Kier alpha value is 0.160. The highest BCUT2D eigenvalue weighted by Crippen LogP contribution is 2.17. The molecule has 0 spiro atoms. The van der Waals surface area contributed by atoms with Crippen LogP contribution >= 0.6 is 11.6 Å². The Balaban J connectivity index is 2.52. The normalized spacial score (nSPS) is 23.5. The van der Waals surface area contributed by atoms with Gasteiger partial charge in [-0.3, -0.25) is 0 Å². The number of nitrogens with zero attached hydrogens (tertiary/aromatic N) is 1. The highest BCUT2D eigenvalue weighted by atomic mass is 35.5. The third-order valence-corrected chi connectivity index (χ3v) is 4.86. The van der Waals surface area contributed by atoms with Crippen LogP contribution in [0.15, 0.2) is 0 Å². The van der Waals surface area contributed by atoms with Crippen LogP contribution in [-0.4, -0.2) is 50.2 Å². The first kappa shape index (κ1) is 14.2. The summed E-state index contributed by atoms with van der Waals surface area (Å²) >= 11 is 5.52. The molecule has 1 heterocycles. The van der Waals surface area contributed by atoms with Crippen LogP contribution in [0, 0.1) is 0 Å². The highest BCUT2D eigenvalue weighted by Gasteiger charge is 2.28. The number of hydrogen-bond acceptors (Lipinski definition) is 3. The lowest BCUT2D eigenvalue weighted by molar-refractivity contribution is 0.0265. The molecule has 4 nitrogen and oxygen atoms in total. The Labute approximate surface area is 103 Å². The third kappa shape index (κ3) is 4.20. The summed E-state index contributed by atoms with van der Waals surface area (Å²) in [6.07, 6.45) is 2.41. The lowest BCUT2D eigenvalue weighted by atomic mass is 10.1. The summed E-state index contributed by atoms with van der Waals surface area (Å²) in [6.45, 7) is 3.69. The van der Waals surface area contributed by atoms with Gasteiger partial charge >= 0.3 is 0 Å². The maximum Gasteiger partial charge on any atom is 0.214 e. The van der Waals surface area contributed by atoms with Crippen molar-refractivity contribution in [1.29, 1.82) is 0 Å². The van der Waals surface area contributed by atoms with Crippen LogP contribution < -0.4 is 0 Å². The molecule has 0 radical (unpaired) electrons. The van der Waals surface area contributed by atoms with Gasteiger partial charge in [0.2, 0.25) is 10.0 Å². The Bertz CT molecular complexity index is 292. The van der Waals surface area contributed by atoms with Crippen molar-refractivity contribution in [3.8, 4) is 0 Å². The van der Waals surface area contributed by atoms with E-state index >= 15 is 0 Å². The summed E-state index contributed by atoms with van der Waals surface area (Å²) in [5.74, 6) is 0.539. The smallest absolute Gasteiger partial charge is 0.214 e. The van der Waals surface area contributed by atoms with Crippen molar-refractivity contribution in [3.63, 3.8) is 0 Å². The van der Waals surface area contributed by atoms with Crippen LogP contribution in [0.5, 0.6) is 0 Å². The molecule has 1 fully saturated rings. The van der Waals surface area contributed by atoms with Crippen LogP contribution in [0.2, 0.25) is 0 Å². The van der Waals surface area contributed by atoms with Crippen molar-refractivity contribution < 1.29 is 13.2 Å². The van der Waals surface area contributed by atoms with Crippen molar-refractivity contribution in [1.82, 2.24) is 4.31 Å². The molecule has 6 heteroatoms. The molecule has 0 saturated carbocycles. The van der Waals surface area contributed by atoms with Gasteiger partial charge in [0.25, 0.3) is 0 Å². The molecule has 0 amide bonds. The minimum atomic E-state index is -3.13. The molecular formula is C10H20ClNO3S. The SMILES string of the molecule is CCOC1CCCN(S(=O)(=O)CCCCl)C1. The van der Waals surface area contributed by atoms with E-state index in [4.69, 9.17) is 16.3 Å². The fraction of sp³-hybridized carbons (Fsp3) is 1.00. The van der Waals surface area contributed by atoms with Gasteiger partial charge in [-0.1, -0.05) is 0 Å². The largest absolute Gasteiger partial charge is 0.377 e. The molecule has 96 valence electrons. The van der Waals surface area contributed by atoms with E-state index in [1.54, 1.807) is 4.31 Å². The number of alkyl halides is 1. The van der Waals surface area contributed by atoms with E-state index in [1.807, 2.05) is 6.92 Å². The standard InChI is InChI=1S/C10H20ClNO3S/c1-2-15-10-5-3-7-12(9-10)16(13,14)8-4-6-11/h10H,2-9H2,1H3. The predicted octanol–water partition coefficient (Wildman–Crippen LogP) is 1.45. The summed E-state index contributed by atoms with van der Waals surface area (Å²) in [4.78, 5) is 0. The minimum absolute atomic E-state index is 0.0597. The second kappa shape index (κ2) is 6.79. The van der Waals surface area contributed by atoms with Crippen LogP contribution in [0.4, 0.5) is 0 Å². The molecule has 0 aromatic heterocycles. The quantitative estimate of drug-likeness (QED) is 0.686. The van der Waals surface area contributed by atoms with Gasteiger partial charge in [-0.2, -0.15) is 4.31 Å². The van der Waals surface area contributed by atoms with Crippen molar-refractivity contribution in [3.05, 3.63) is 0 Å². The minimum Gasteiger partial charge on any atom is -0.377 e. The molecular weight excluding hydrogens is 250 g/mol. The van der Waals surface area contributed by atoms with Crippen LogP contribution in [-0.2, 0) is 14.8 Å². The second-order valence-electron chi connectivity index (χ2n) is 3.94. The van der Waals surface area contributed by atoms with Crippen molar-refractivity contribution in [2.24, 2.45) is 0 Å². The molecule has 1 rings (SSSR count). The lowest BCUT2D eigenvalue weighted by Crippen LogP contribution is -2.44. The monoisotopic (exact) mass is 269 g/mol. The molecule has 0 aliphatic carbocycles. The average Bonchev–Trinajstić information content (AvgIpc) is 2.27. The Morgan fingerprint density at radius 3 is 2.88 bits per heavy atom. The fourth-order valence-corrected chi connectivity index (χ4v) is 3.76. The molecule has 1 unspecified atom stereocenters. The van der Waals surface area contributed by atoms with Crippen molar-refractivity contribution in [2.45, 2.75) is 32.3 Å². The Morgan fingerprint density at radius 2 is 2.25 bits per heavy atom. The van der Waals surface area contributed by atoms with Gasteiger partial charge < -0.3 is 4.74 Å². The molecule has 1 atom stereocenters. The average molecular weight is 270 g/mol. The van der Waals surface area contributed by atoms with Gasteiger partial charge in [0, 0.05) is 25.6 Å². The lowest BCUT2D eigenvalue weighted by Gasteiger charge is -2.31. The fourth-order valence-electron chi connectivity index (χ4n) is 1.90. The molecule has 0 aromatic carbocycles. The molecule has 16 heavy (non-hydrogen) atoms. The number of halogens is 1. The summed E-state index contributed by atoms with van der Waals surface area (Å²) in [5, 5.41) is 0. The number of sulfonamides is 1. The summed E-state index contributed by atoms with van der Waals surface area (Å²) < 4.78 is 30.8. The first-order chi connectivity index (χ1) is 7.60. The summed E-state index contributed by atoms with van der Waals surface area (Å²) in [5.41, 5.74) is 0. The number of rotatable bonds is 6. The molecule has 1 aliphatic rings. The summed E-state index contributed by atoms with van der Waals surface area (Å²) in [6, 6.07) is 0. The van der Waals surface area contributed by atoms with Gasteiger partial charge in [-0.25, -0.2) is 8.42 Å². The predicted molar refractivity (Wildman–Crippen MR) is 65.3 cm³/mol. The van der Waals surface area contributed by atoms with E-state index in [9.17, 15) is 8.42 Å². The maximum absolute atomic E-state index is 11.9. The first-order valence-electron chi connectivity index (χ1n) is 5.75. The number of ether oxygens (including phenoxy) is 1. The van der Waals surface area contributed by atoms with Gasteiger partial charge in [-0.15, -0.1) is 11.6 Å². The molecule has 0 aromatic rings. The Kier molecular flexibility index (Phi) is 6.03. The molecule has 1 saturated heterocycles. The molecule has 0 N–H and O–H groups in total. The van der Waals surface area contributed by atoms with Crippen LogP contribution in [0.1, 0.15) is 26.2 Å². The second-order valence-corrected chi connectivity index (χ2v) is 6.40. The number of piperidine rings is 1. The van der Waals surface area contributed by atoms with E-state index < -0.39 is 10.0 Å². The molecule has 1 aliphatic heterocycles. The van der Waals surface area contributed by atoms with E-state index in [-0.39, 0.29) is 11.9 Å². The Morgan fingerprint density at radius 1 is 1.50 bits per heavy atom. The third-order valence-electron chi connectivity index (χ3n) is 2.67. The van der Waals surface area contributed by atoms with Crippen molar-refractivity contribution in [2.75, 3.05) is 31.3 Å². The van der Waals surface area contributed by atoms with Gasteiger partial charge in [0.1, 0.15) is 0 Å². The van der Waals surface area contributed by atoms with E-state index in [0.29, 0.717) is 32.0 Å².